The molecule has 1 aromatic rings. The van der Waals surface area contributed by atoms with E-state index in [0.717, 1.165) is 17.7 Å². The van der Waals surface area contributed by atoms with Crippen LogP contribution in [-0.2, 0) is 6.42 Å². The molecule has 0 N–H and O–H groups in total. The predicted molar refractivity (Wildman–Crippen MR) is 52.2 cm³/mol. The summed E-state index contributed by atoms with van der Waals surface area (Å²) in [7, 11) is 1.56. The molecular formula is C11H12O3. The van der Waals surface area contributed by atoms with Gasteiger partial charge in [0.25, 0.3) is 0 Å². The lowest BCUT2D eigenvalue weighted by Gasteiger charge is -2.10. The molecule has 0 fully saturated rings. The highest BCUT2D eigenvalue weighted by atomic mass is 16.5. The Bertz CT molecular complexity index is 382. The molecule has 0 bridgehead atoms. The summed E-state index contributed by atoms with van der Waals surface area (Å²) in [5, 5.41) is 0. The van der Waals surface area contributed by atoms with Gasteiger partial charge < -0.3 is 9.47 Å². The number of Topliss-reactive ketones (excluding diaryl/α,β-unsaturated/α-hetero) is 1. The maximum atomic E-state index is 11.3. The first-order valence-electron chi connectivity index (χ1n) is 4.57. The summed E-state index contributed by atoms with van der Waals surface area (Å²) >= 11 is 0. The zero-order valence-electron chi connectivity index (χ0n) is 8.29. The van der Waals surface area contributed by atoms with Crippen LogP contribution in [0, 0.1) is 0 Å². The number of rotatable bonds is 2. The summed E-state index contributed by atoms with van der Waals surface area (Å²) in [5.74, 6) is 1.31. The van der Waals surface area contributed by atoms with E-state index in [1.54, 1.807) is 13.2 Å². The minimum atomic E-state index is 0.000139. The Morgan fingerprint density at radius 1 is 1.50 bits per heavy atom. The van der Waals surface area contributed by atoms with Crippen LogP contribution in [0.25, 0.3) is 0 Å². The van der Waals surface area contributed by atoms with E-state index in [2.05, 4.69) is 0 Å². The summed E-state index contributed by atoms with van der Waals surface area (Å²) in [6, 6.07) is 3.73. The van der Waals surface area contributed by atoms with E-state index in [4.69, 9.17) is 9.47 Å². The smallest absolute Gasteiger partial charge is 0.171 e. The molecule has 3 heteroatoms. The molecule has 0 radical (unpaired) electrons. The highest BCUT2D eigenvalue weighted by Gasteiger charge is 2.21. The number of fused-ring (bicyclic) bond motifs is 1. The number of carbonyl (C=O) groups excluding carboxylic acids is 1. The largest absolute Gasteiger partial charge is 0.492 e. The summed E-state index contributed by atoms with van der Waals surface area (Å²) in [6.07, 6.45) is 0.893. The summed E-state index contributed by atoms with van der Waals surface area (Å²) in [6.45, 7) is 2.20. The summed E-state index contributed by atoms with van der Waals surface area (Å²) in [5.41, 5.74) is 1.71. The van der Waals surface area contributed by atoms with Crippen LogP contribution in [-0.4, -0.2) is 19.5 Å². The monoisotopic (exact) mass is 192 g/mol. The molecule has 0 amide bonds. The molecule has 0 aliphatic carbocycles. The van der Waals surface area contributed by atoms with Gasteiger partial charge in [-0.05, 0) is 13.0 Å². The van der Waals surface area contributed by atoms with E-state index >= 15 is 0 Å². The van der Waals surface area contributed by atoms with Gasteiger partial charge >= 0.3 is 0 Å². The highest BCUT2D eigenvalue weighted by Crippen LogP contribution is 2.38. The number of carbonyl (C=O) groups is 1. The maximum Gasteiger partial charge on any atom is 0.171 e. The lowest BCUT2D eigenvalue weighted by molar-refractivity contribution is 0.101. The van der Waals surface area contributed by atoms with Crippen LogP contribution < -0.4 is 9.47 Å². The van der Waals surface area contributed by atoms with E-state index in [0.29, 0.717) is 17.9 Å². The van der Waals surface area contributed by atoms with Crippen LogP contribution >= 0.6 is 0 Å². The number of hydrogen-bond acceptors (Lipinski definition) is 3. The summed E-state index contributed by atoms with van der Waals surface area (Å²) in [4.78, 5) is 11.3. The minimum absolute atomic E-state index is 0.000139. The maximum absolute atomic E-state index is 11.3. The van der Waals surface area contributed by atoms with E-state index in [1.165, 1.54) is 6.92 Å². The topological polar surface area (TPSA) is 35.5 Å². The molecular weight excluding hydrogens is 180 g/mol. The summed E-state index contributed by atoms with van der Waals surface area (Å²) < 4.78 is 10.6. The molecule has 3 nitrogen and oxygen atoms in total. The lowest BCUT2D eigenvalue weighted by atomic mass is 10.1. The van der Waals surface area contributed by atoms with Crippen molar-refractivity contribution in [3.05, 3.63) is 23.3 Å². The molecule has 0 saturated carbocycles. The third-order valence-corrected chi connectivity index (χ3v) is 2.39. The van der Waals surface area contributed by atoms with Gasteiger partial charge in [0, 0.05) is 12.0 Å². The van der Waals surface area contributed by atoms with E-state index < -0.39 is 0 Å². The molecule has 0 unspecified atom stereocenters. The Balaban J connectivity index is 2.59. The number of benzene rings is 1. The molecule has 0 spiro atoms. The molecule has 14 heavy (non-hydrogen) atoms. The normalized spacial score (nSPS) is 13.3. The molecule has 2 rings (SSSR count). The Hall–Kier alpha value is -1.51. The molecule has 1 aliphatic rings. The second-order valence-corrected chi connectivity index (χ2v) is 3.29. The third kappa shape index (κ3) is 1.25. The SMILES string of the molecule is COc1c(C(C)=O)ccc2c1OCC2. The zero-order valence-corrected chi connectivity index (χ0v) is 8.29. The second kappa shape index (κ2) is 3.33. The van der Waals surface area contributed by atoms with Gasteiger partial charge in [-0.2, -0.15) is 0 Å². The molecule has 0 saturated heterocycles. The first-order valence-corrected chi connectivity index (χ1v) is 4.57. The van der Waals surface area contributed by atoms with Crippen molar-refractivity contribution >= 4 is 5.78 Å². The molecule has 1 heterocycles. The molecule has 1 aliphatic heterocycles. The van der Waals surface area contributed by atoms with Gasteiger partial charge in [-0.3, -0.25) is 4.79 Å². The van der Waals surface area contributed by atoms with Gasteiger partial charge in [-0.15, -0.1) is 0 Å². The van der Waals surface area contributed by atoms with Gasteiger partial charge in [0.15, 0.2) is 17.3 Å². The first kappa shape index (κ1) is 9.06. The van der Waals surface area contributed by atoms with Crippen molar-refractivity contribution in [3.63, 3.8) is 0 Å². The van der Waals surface area contributed by atoms with E-state index in [-0.39, 0.29) is 5.78 Å². The predicted octanol–water partition coefficient (Wildman–Crippen LogP) is 1.83. The van der Waals surface area contributed by atoms with Crippen LogP contribution in [0.1, 0.15) is 22.8 Å². The van der Waals surface area contributed by atoms with Crippen LogP contribution in [0.3, 0.4) is 0 Å². The lowest BCUT2D eigenvalue weighted by Crippen LogP contribution is -1.99. The van der Waals surface area contributed by atoms with Crippen molar-refractivity contribution in [1.29, 1.82) is 0 Å². The van der Waals surface area contributed by atoms with Gasteiger partial charge in [-0.1, -0.05) is 6.07 Å². The van der Waals surface area contributed by atoms with Crippen LogP contribution in [0.2, 0.25) is 0 Å². The van der Waals surface area contributed by atoms with Crippen molar-refractivity contribution < 1.29 is 14.3 Å². The van der Waals surface area contributed by atoms with Crippen LogP contribution in [0.5, 0.6) is 11.5 Å². The number of ketones is 1. The molecule has 0 atom stereocenters. The fourth-order valence-electron chi connectivity index (χ4n) is 1.70. The standard InChI is InChI=1S/C11H12O3/c1-7(12)9-4-3-8-5-6-14-10(8)11(9)13-2/h3-4H,5-6H2,1-2H3. The van der Waals surface area contributed by atoms with Crippen molar-refractivity contribution in [2.24, 2.45) is 0 Å². The Labute approximate surface area is 82.6 Å². The molecule has 1 aromatic carbocycles. The number of hydrogen-bond donors (Lipinski definition) is 0. The average molecular weight is 192 g/mol. The van der Waals surface area contributed by atoms with Crippen molar-refractivity contribution in [3.8, 4) is 11.5 Å². The van der Waals surface area contributed by atoms with Gasteiger partial charge in [0.1, 0.15) is 0 Å². The zero-order chi connectivity index (χ0) is 10.1. The van der Waals surface area contributed by atoms with Gasteiger partial charge in [0.05, 0.1) is 19.3 Å². The Kier molecular flexibility index (Phi) is 2.15. The van der Waals surface area contributed by atoms with Gasteiger partial charge in [-0.25, -0.2) is 0 Å². The molecule has 0 aromatic heterocycles. The average Bonchev–Trinajstić information content (AvgIpc) is 2.63. The fraction of sp³-hybridized carbons (Fsp3) is 0.364. The number of ether oxygens (including phenoxy) is 2. The Morgan fingerprint density at radius 3 is 2.93 bits per heavy atom. The molecule has 74 valence electrons. The van der Waals surface area contributed by atoms with Gasteiger partial charge in [0.2, 0.25) is 0 Å². The second-order valence-electron chi connectivity index (χ2n) is 3.29. The third-order valence-electron chi connectivity index (χ3n) is 2.39. The van der Waals surface area contributed by atoms with Crippen LogP contribution in [0.15, 0.2) is 12.1 Å². The highest BCUT2D eigenvalue weighted by molar-refractivity contribution is 5.98. The van der Waals surface area contributed by atoms with Crippen molar-refractivity contribution in [2.45, 2.75) is 13.3 Å². The first-order chi connectivity index (χ1) is 6.74. The number of methoxy groups -OCH3 is 1. The van der Waals surface area contributed by atoms with E-state index in [9.17, 15) is 4.79 Å². The van der Waals surface area contributed by atoms with Crippen LogP contribution in [0.4, 0.5) is 0 Å². The van der Waals surface area contributed by atoms with E-state index in [1.807, 2.05) is 6.07 Å². The fourth-order valence-corrected chi connectivity index (χ4v) is 1.70. The van der Waals surface area contributed by atoms with Crippen molar-refractivity contribution in [1.82, 2.24) is 0 Å². The quantitative estimate of drug-likeness (QED) is 0.670. The van der Waals surface area contributed by atoms with Crippen molar-refractivity contribution in [2.75, 3.05) is 13.7 Å². The minimum Gasteiger partial charge on any atom is -0.492 e. The Morgan fingerprint density at radius 2 is 2.29 bits per heavy atom.